The molecule has 3 heterocycles. The van der Waals surface area contributed by atoms with Gasteiger partial charge in [-0.2, -0.15) is 4.98 Å². The molecule has 5 rings (SSSR count). The average Bonchev–Trinajstić information content (AvgIpc) is 2.99. The van der Waals surface area contributed by atoms with Crippen LogP contribution in [-0.4, -0.2) is 44.7 Å². The SMILES string of the molecule is NC(=O)[C@H]1CC[C@H](n2c(Nc3c(F)cc(F)cc3F)nc3cnc(NC4CCCOCC4)nc32)CC1. The number of nitrogens with two attached hydrogens (primary N) is 1. The first kappa shape index (κ1) is 24.3. The number of hydrogen-bond acceptors (Lipinski definition) is 7. The van der Waals surface area contributed by atoms with Crippen LogP contribution in [-0.2, 0) is 9.53 Å². The highest BCUT2D eigenvalue weighted by molar-refractivity contribution is 5.78. The molecule has 2 aliphatic rings. The van der Waals surface area contributed by atoms with E-state index in [4.69, 9.17) is 15.5 Å². The molecule has 1 aliphatic heterocycles. The number of benzene rings is 1. The first-order valence-electron chi connectivity index (χ1n) is 12.2. The Morgan fingerprint density at radius 3 is 2.50 bits per heavy atom. The molecule has 12 heteroatoms. The fourth-order valence-corrected chi connectivity index (χ4v) is 5.02. The van der Waals surface area contributed by atoms with E-state index in [1.165, 1.54) is 0 Å². The molecule has 1 saturated heterocycles. The number of imidazole rings is 1. The minimum Gasteiger partial charge on any atom is -0.381 e. The molecule has 1 amide bonds. The lowest BCUT2D eigenvalue weighted by atomic mass is 9.85. The van der Waals surface area contributed by atoms with Crippen molar-refractivity contribution in [1.82, 2.24) is 19.5 Å². The summed E-state index contributed by atoms with van der Waals surface area (Å²) in [5.41, 5.74) is 5.91. The lowest BCUT2D eigenvalue weighted by Crippen LogP contribution is -2.29. The number of carbonyl (C=O) groups excluding carboxylic acids is 1. The molecule has 1 aromatic carbocycles. The summed E-state index contributed by atoms with van der Waals surface area (Å²) in [6, 6.07) is 1.23. The van der Waals surface area contributed by atoms with Gasteiger partial charge in [-0.1, -0.05) is 0 Å². The highest BCUT2D eigenvalue weighted by Gasteiger charge is 2.30. The third kappa shape index (κ3) is 5.08. The molecule has 36 heavy (non-hydrogen) atoms. The molecule has 1 saturated carbocycles. The summed E-state index contributed by atoms with van der Waals surface area (Å²) in [5.74, 6) is -3.14. The van der Waals surface area contributed by atoms with E-state index in [1.54, 1.807) is 10.8 Å². The van der Waals surface area contributed by atoms with Gasteiger partial charge in [-0.3, -0.25) is 9.36 Å². The van der Waals surface area contributed by atoms with Crippen LogP contribution in [0.3, 0.4) is 0 Å². The van der Waals surface area contributed by atoms with Crippen molar-refractivity contribution in [3.63, 3.8) is 0 Å². The molecule has 0 bridgehead atoms. The van der Waals surface area contributed by atoms with Crippen molar-refractivity contribution in [2.45, 2.75) is 57.0 Å². The first-order valence-corrected chi connectivity index (χ1v) is 12.2. The van der Waals surface area contributed by atoms with Crippen LogP contribution in [0.5, 0.6) is 0 Å². The first-order chi connectivity index (χ1) is 17.4. The van der Waals surface area contributed by atoms with E-state index in [0.29, 0.717) is 61.5 Å². The number of fused-ring (bicyclic) bond motifs is 1. The van der Waals surface area contributed by atoms with E-state index in [-0.39, 0.29) is 29.9 Å². The topological polar surface area (TPSA) is 120 Å². The molecule has 4 N–H and O–H groups in total. The van der Waals surface area contributed by atoms with E-state index in [2.05, 4.69) is 20.6 Å². The standard InChI is InChI=1S/C24H28F3N7O2/c25-14-10-17(26)20(18(27)11-14)32-24-31-19-12-29-23(30-15-2-1-8-36-9-7-15)33-22(19)34(24)16-5-3-13(4-6-16)21(28)35/h10-13,15-16H,1-9H2,(H2,28,35)(H,31,32)(H,29,30,33)/t13-,15?,16-. The maximum Gasteiger partial charge on any atom is 0.224 e. The van der Waals surface area contributed by atoms with Crippen molar-refractivity contribution in [3.8, 4) is 0 Å². The predicted octanol–water partition coefficient (Wildman–Crippen LogP) is 4.18. The summed E-state index contributed by atoms with van der Waals surface area (Å²) in [4.78, 5) is 25.3. The summed E-state index contributed by atoms with van der Waals surface area (Å²) in [7, 11) is 0. The predicted molar refractivity (Wildman–Crippen MR) is 127 cm³/mol. The van der Waals surface area contributed by atoms with Crippen LogP contribution in [0.1, 0.15) is 51.0 Å². The van der Waals surface area contributed by atoms with Crippen LogP contribution in [0.2, 0.25) is 0 Å². The monoisotopic (exact) mass is 503 g/mol. The van der Waals surface area contributed by atoms with Crippen molar-refractivity contribution < 1.29 is 22.7 Å². The van der Waals surface area contributed by atoms with Crippen LogP contribution in [0.4, 0.5) is 30.8 Å². The summed E-state index contributed by atoms with van der Waals surface area (Å²) < 4.78 is 49.7. The van der Waals surface area contributed by atoms with Crippen LogP contribution >= 0.6 is 0 Å². The normalized spacial score (nSPS) is 22.8. The van der Waals surface area contributed by atoms with Gasteiger partial charge in [0.15, 0.2) is 17.3 Å². The zero-order valence-electron chi connectivity index (χ0n) is 19.6. The highest BCUT2D eigenvalue weighted by atomic mass is 19.1. The number of primary amides is 1. The molecule has 1 aliphatic carbocycles. The second-order valence-electron chi connectivity index (χ2n) is 9.37. The fourth-order valence-electron chi connectivity index (χ4n) is 5.02. The van der Waals surface area contributed by atoms with E-state index < -0.39 is 23.1 Å². The summed E-state index contributed by atoms with van der Waals surface area (Å²) >= 11 is 0. The number of rotatable bonds is 6. The number of carbonyl (C=O) groups is 1. The highest BCUT2D eigenvalue weighted by Crippen LogP contribution is 2.37. The van der Waals surface area contributed by atoms with Crippen molar-refractivity contribution in [2.75, 3.05) is 23.8 Å². The molecule has 0 radical (unpaired) electrons. The number of nitrogens with one attached hydrogen (secondary N) is 2. The third-order valence-corrected chi connectivity index (χ3v) is 6.93. The number of anilines is 3. The zero-order valence-corrected chi connectivity index (χ0v) is 19.6. The molecule has 1 unspecified atom stereocenters. The smallest absolute Gasteiger partial charge is 0.224 e. The van der Waals surface area contributed by atoms with E-state index in [1.807, 2.05) is 0 Å². The number of aromatic nitrogens is 4. The molecule has 2 aromatic heterocycles. The van der Waals surface area contributed by atoms with Crippen LogP contribution in [0.15, 0.2) is 18.3 Å². The van der Waals surface area contributed by atoms with Crippen molar-refractivity contribution in [1.29, 1.82) is 0 Å². The van der Waals surface area contributed by atoms with Crippen LogP contribution in [0.25, 0.3) is 11.2 Å². The summed E-state index contributed by atoms with van der Waals surface area (Å²) in [6.45, 7) is 1.38. The Balaban J connectivity index is 1.51. The molecule has 1 atom stereocenters. The Morgan fingerprint density at radius 1 is 1.03 bits per heavy atom. The molecular weight excluding hydrogens is 475 g/mol. The number of nitrogens with zero attached hydrogens (tertiary/aromatic N) is 4. The molecule has 3 aromatic rings. The van der Waals surface area contributed by atoms with Crippen molar-refractivity contribution >= 4 is 34.7 Å². The van der Waals surface area contributed by atoms with Gasteiger partial charge in [0.25, 0.3) is 0 Å². The van der Waals surface area contributed by atoms with Crippen molar-refractivity contribution in [3.05, 3.63) is 35.8 Å². The van der Waals surface area contributed by atoms with E-state index in [0.717, 1.165) is 25.9 Å². The van der Waals surface area contributed by atoms with Gasteiger partial charge < -0.3 is 21.1 Å². The van der Waals surface area contributed by atoms with E-state index >= 15 is 0 Å². The second-order valence-corrected chi connectivity index (χ2v) is 9.37. The lowest BCUT2D eigenvalue weighted by molar-refractivity contribution is -0.122. The Bertz CT molecular complexity index is 1230. The van der Waals surface area contributed by atoms with Gasteiger partial charge in [0.2, 0.25) is 17.8 Å². The Hall–Kier alpha value is -3.41. The fraction of sp³-hybridized carbons (Fsp3) is 0.500. The Labute approximate surface area is 205 Å². The molecular formula is C24H28F3N7O2. The Kier molecular flexibility index (Phi) is 6.95. The van der Waals surface area contributed by atoms with Crippen molar-refractivity contribution in [2.24, 2.45) is 11.7 Å². The largest absolute Gasteiger partial charge is 0.381 e. The van der Waals surface area contributed by atoms with Gasteiger partial charge >= 0.3 is 0 Å². The van der Waals surface area contributed by atoms with Gasteiger partial charge in [0, 0.05) is 43.3 Å². The van der Waals surface area contributed by atoms with Crippen LogP contribution in [0, 0.1) is 23.4 Å². The second kappa shape index (κ2) is 10.3. The minimum absolute atomic E-state index is 0.145. The van der Waals surface area contributed by atoms with E-state index in [9.17, 15) is 18.0 Å². The minimum atomic E-state index is -1.08. The van der Waals surface area contributed by atoms with Gasteiger partial charge in [0.05, 0.1) is 6.20 Å². The average molecular weight is 504 g/mol. The zero-order chi connectivity index (χ0) is 25.2. The van der Waals surface area contributed by atoms with Gasteiger partial charge in [-0.15, -0.1) is 0 Å². The van der Waals surface area contributed by atoms with Gasteiger partial charge in [-0.05, 0) is 44.9 Å². The molecule has 2 fully saturated rings. The van der Waals surface area contributed by atoms with Crippen LogP contribution < -0.4 is 16.4 Å². The summed E-state index contributed by atoms with van der Waals surface area (Å²) in [5, 5.41) is 6.07. The number of amides is 1. The summed E-state index contributed by atoms with van der Waals surface area (Å²) in [6.07, 6.45) is 6.62. The molecule has 192 valence electrons. The van der Waals surface area contributed by atoms with Gasteiger partial charge in [0.1, 0.15) is 17.0 Å². The molecule has 9 nitrogen and oxygen atoms in total. The number of hydrogen-bond donors (Lipinski definition) is 3. The van der Waals surface area contributed by atoms with Gasteiger partial charge in [-0.25, -0.2) is 23.1 Å². The maximum absolute atomic E-state index is 14.4. The maximum atomic E-state index is 14.4. The number of ether oxygens (including phenoxy) is 1. The molecule has 0 spiro atoms. The third-order valence-electron chi connectivity index (χ3n) is 6.93. The number of halogens is 3. The quantitative estimate of drug-likeness (QED) is 0.461. The lowest BCUT2D eigenvalue weighted by Gasteiger charge is -2.29. The Morgan fingerprint density at radius 2 is 1.78 bits per heavy atom.